The van der Waals surface area contributed by atoms with E-state index in [1.165, 1.54) is 18.2 Å². The molecule has 1 aliphatic rings. The number of nitrogens with one attached hydrogen (secondary N) is 3. The van der Waals surface area contributed by atoms with Crippen molar-refractivity contribution in [3.05, 3.63) is 57.8 Å². The molecule has 1 saturated heterocycles. The summed E-state index contributed by atoms with van der Waals surface area (Å²) in [5, 5.41) is 11.7. The summed E-state index contributed by atoms with van der Waals surface area (Å²) in [6.07, 6.45) is 0. The van der Waals surface area contributed by atoms with Gasteiger partial charge in [0, 0.05) is 38.8 Å². The lowest BCUT2D eigenvalue weighted by Gasteiger charge is -2.29. The summed E-state index contributed by atoms with van der Waals surface area (Å²) < 4.78 is 14.3. The van der Waals surface area contributed by atoms with Gasteiger partial charge in [-0.2, -0.15) is 5.10 Å². The van der Waals surface area contributed by atoms with E-state index in [0.29, 0.717) is 11.3 Å². The van der Waals surface area contributed by atoms with Crippen molar-refractivity contribution < 1.29 is 9.18 Å². The van der Waals surface area contributed by atoms with Gasteiger partial charge in [-0.05, 0) is 23.8 Å². The summed E-state index contributed by atoms with van der Waals surface area (Å²) in [4.78, 5) is 24.8. The summed E-state index contributed by atoms with van der Waals surface area (Å²) in [7, 11) is 0. The van der Waals surface area contributed by atoms with Crippen molar-refractivity contribution in [3.63, 3.8) is 0 Å². The zero-order chi connectivity index (χ0) is 16.9. The lowest BCUT2D eigenvalue weighted by atomic mass is 10.1. The molecule has 134 valence electrons. The number of piperazine rings is 1. The van der Waals surface area contributed by atoms with Gasteiger partial charge < -0.3 is 15.5 Å². The molecular formula is C16H19ClFN5O2. The molecular weight excluding hydrogens is 349 g/mol. The second kappa shape index (κ2) is 8.59. The summed E-state index contributed by atoms with van der Waals surface area (Å²) in [6.45, 7) is 3.39. The van der Waals surface area contributed by atoms with Gasteiger partial charge in [0.25, 0.3) is 11.5 Å². The Bertz CT molecular complexity index is 772. The molecule has 2 aromatic rings. The SMILES string of the molecule is Cl.O=C(NCc1ccc(N2CCNCC2)c(F)c1)c1ccc(=O)[nH]n1. The van der Waals surface area contributed by atoms with Crippen molar-refractivity contribution in [3.8, 4) is 0 Å². The van der Waals surface area contributed by atoms with Crippen LogP contribution in [0, 0.1) is 5.82 Å². The Hall–Kier alpha value is -2.45. The van der Waals surface area contributed by atoms with Crippen LogP contribution >= 0.6 is 12.4 Å². The number of aromatic amines is 1. The minimum atomic E-state index is -0.433. The van der Waals surface area contributed by atoms with E-state index in [1.807, 2.05) is 4.90 Å². The number of anilines is 1. The van der Waals surface area contributed by atoms with E-state index in [9.17, 15) is 14.0 Å². The second-order valence-corrected chi connectivity index (χ2v) is 5.51. The van der Waals surface area contributed by atoms with E-state index in [-0.39, 0.29) is 36.0 Å². The first kappa shape index (κ1) is 18.9. The number of carbonyl (C=O) groups is 1. The van der Waals surface area contributed by atoms with Crippen molar-refractivity contribution in [2.45, 2.75) is 6.54 Å². The molecule has 1 aromatic heterocycles. The third kappa shape index (κ3) is 4.77. The Balaban J connectivity index is 0.00000225. The Morgan fingerprint density at radius 3 is 2.64 bits per heavy atom. The molecule has 2 heterocycles. The van der Waals surface area contributed by atoms with Gasteiger partial charge in [-0.15, -0.1) is 12.4 Å². The van der Waals surface area contributed by atoms with Crippen LogP contribution in [0.25, 0.3) is 0 Å². The van der Waals surface area contributed by atoms with Crippen LogP contribution in [0.5, 0.6) is 0 Å². The summed E-state index contributed by atoms with van der Waals surface area (Å²) >= 11 is 0. The third-order valence-electron chi connectivity index (χ3n) is 3.83. The van der Waals surface area contributed by atoms with Crippen LogP contribution in [-0.2, 0) is 6.54 Å². The fraction of sp³-hybridized carbons (Fsp3) is 0.312. The Morgan fingerprint density at radius 1 is 1.24 bits per heavy atom. The molecule has 1 amide bonds. The van der Waals surface area contributed by atoms with Gasteiger partial charge in [-0.3, -0.25) is 9.59 Å². The number of benzene rings is 1. The Kier molecular flexibility index (Phi) is 6.49. The van der Waals surface area contributed by atoms with E-state index in [4.69, 9.17) is 0 Å². The maximum atomic E-state index is 14.3. The van der Waals surface area contributed by atoms with Gasteiger partial charge in [0.05, 0.1) is 5.69 Å². The average Bonchev–Trinajstić information content (AvgIpc) is 2.61. The van der Waals surface area contributed by atoms with Crippen molar-refractivity contribution in [2.75, 3.05) is 31.1 Å². The summed E-state index contributed by atoms with van der Waals surface area (Å²) in [6, 6.07) is 7.52. The first-order valence-electron chi connectivity index (χ1n) is 7.71. The van der Waals surface area contributed by atoms with E-state index in [1.54, 1.807) is 12.1 Å². The molecule has 3 N–H and O–H groups in total. The predicted octanol–water partition coefficient (Wildman–Crippen LogP) is 0.670. The highest BCUT2D eigenvalue weighted by atomic mass is 35.5. The molecule has 9 heteroatoms. The van der Waals surface area contributed by atoms with Crippen LogP contribution in [0.15, 0.2) is 35.1 Å². The molecule has 7 nitrogen and oxygen atoms in total. The van der Waals surface area contributed by atoms with Crippen LogP contribution in [-0.4, -0.2) is 42.3 Å². The molecule has 0 radical (unpaired) electrons. The highest BCUT2D eigenvalue weighted by Gasteiger charge is 2.15. The lowest BCUT2D eigenvalue weighted by Crippen LogP contribution is -2.43. The maximum absolute atomic E-state index is 14.3. The maximum Gasteiger partial charge on any atom is 0.271 e. The number of hydrogen-bond donors (Lipinski definition) is 3. The molecule has 3 rings (SSSR count). The van der Waals surface area contributed by atoms with E-state index in [2.05, 4.69) is 20.8 Å². The molecule has 0 spiro atoms. The Morgan fingerprint density at radius 2 is 2.00 bits per heavy atom. The van der Waals surface area contributed by atoms with Gasteiger partial charge in [0.2, 0.25) is 0 Å². The highest BCUT2D eigenvalue weighted by Crippen LogP contribution is 2.21. The summed E-state index contributed by atoms with van der Waals surface area (Å²) in [5.41, 5.74) is 0.961. The van der Waals surface area contributed by atoms with Crippen molar-refractivity contribution in [1.82, 2.24) is 20.8 Å². The predicted molar refractivity (Wildman–Crippen MR) is 94.8 cm³/mol. The smallest absolute Gasteiger partial charge is 0.271 e. The minimum absolute atomic E-state index is 0. The van der Waals surface area contributed by atoms with Gasteiger partial charge in [-0.1, -0.05) is 6.07 Å². The largest absolute Gasteiger partial charge is 0.367 e. The number of halogens is 2. The highest BCUT2D eigenvalue weighted by molar-refractivity contribution is 5.91. The number of hydrogen-bond acceptors (Lipinski definition) is 5. The third-order valence-corrected chi connectivity index (χ3v) is 3.83. The molecule has 25 heavy (non-hydrogen) atoms. The van der Waals surface area contributed by atoms with Gasteiger partial charge in [0.1, 0.15) is 11.5 Å². The van der Waals surface area contributed by atoms with Crippen LogP contribution < -0.4 is 21.1 Å². The van der Waals surface area contributed by atoms with Crippen molar-refractivity contribution >= 4 is 24.0 Å². The fourth-order valence-corrected chi connectivity index (χ4v) is 2.57. The van der Waals surface area contributed by atoms with Gasteiger partial charge >= 0.3 is 0 Å². The first-order valence-corrected chi connectivity index (χ1v) is 7.71. The van der Waals surface area contributed by atoms with Crippen LogP contribution in [0.3, 0.4) is 0 Å². The van der Waals surface area contributed by atoms with Crippen molar-refractivity contribution in [2.24, 2.45) is 0 Å². The zero-order valence-electron chi connectivity index (χ0n) is 13.4. The first-order chi connectivity index (χ1) is 11.6. The molecule has 0 atom stereocenters. The van der Waals surface area contributed by atoms with Crippen molar-refractivity contribution in [1.29, 1.82) is 0 Å². The molecule has 0 aliphatic carbocycles. The second-order valence-electron chi connectivity index (χ2n) is 5.51. The number of H-pyrrole nitrogens is 1. The van der Waals surface area contributed by atoms with Gasteiger partial charge in [-0.25, -0.2) is 9.49 Å². The van der Waals surface area contributed by atoms with Gasteiger partial charge in [0.15, 0.2) is 0 Å². The van der Waals surface area contributed by atoms with Crippen LogP contribution in [0.2, 0.25) is 0 Å². The zero-order valence-corrected chi connectivity index (χ0v) is 14.2. The van der Waals surface area contributed by atoms with Crippen LogP contribution in [0.1, 0.15) is 16.1 Å². The minimum Gasteiger partial charge on any atom is -0.367 e. The number of rotatable bonds is 4. The molecule has 1 aromatic carbocycles. The molecule has 0 saturated carbocycles. The molecule has 0 bridgehead atoms. The number of amides is 1. The van der Waals surface area contributed by atoms with Crippen LogP contribution in [0.4, 0.5) is 10.1 Å². The lowest BCUT2D eigenvalue weighted by molar-refractivity contribution is 0.0944. The van der Waals surface area contributed by atoms with E-state index < -0.39 is 5.91 Å². The topological polar surface area (TPSA) is 90.1 Å². The summed E-state index contributed by atoms with van der Waals surface area (Å²) in [5.74, 6) is -0.733. The standard InChI is InChI=1S/C16H18FN5O2.ClH/c17-12-9-11(1-3-14(12)22-7-5-18-6-8-22)10-19-16(24)13-2-4-15(23)21-20-13;/h1-4,9,18H,5-8,10H2,(H,19,24)(H,21,23);1H. The monoisotopic (exact) mass is 367 g/mol. The average molecular weight is 368 g/mol. The quantitative estimate of drug-likeness (QED) is 0.739. The fourth-order valence-electron chi connectivity index (χ4n) is 2.57. The van der Waals surface area contributed by atoms with E-state index >= 15 is 0 Å². The molecule has 1 aliphatic heterocycles. The normalized spacial score (nSPS) is 13.9. The molecule has 1 fully saturated rings. The Labute approximate surface area is 150 Å². The number of carbonyl (C=O) groups excluding carboxylic acids is 1. The molecule has 0 unspecified atom stereocenters. The number of nitrogens with zero attached hydrogens (tertiary/aromatic N) is 2. The van der Waals surface area contributed by atoms with E-state index in [0.717, 1.165) is 26.2 Å². The number of aromatic nitrogens is 2.